The summed E-state index contributed by atoms with van der Waals surface area (Å²) in [7, 11) is 4.17. The van der Waals surface area contributed by atoms with Crippen LogP contribution in [0.2, 0.25) is 0 Å². The molecule has 0 atom stereocenters. The van der Waals surface area contributed by atoms with Crippen LogP contribution in [0.5, 0.6) is 0 Å². The first kappa shape index (κ1) is 16.7. The average Bonchev–Trinajstić information content (AvgIpc) is 3.20. The molecule has 0 fully saturated rings. The Kier molecular flexibility index (Phi) is 4.20. The number of hydrogen-bond acceptors (Lipinski definition) is 6. The summed E-state index contributed by atoms with van der Waals surface area (Å²) in [5, 5.41) is 14.6. The number of aromatic nitrogens is 6. The molecule has 0 aliphatic carbocycles. The van der Waals surface area contributed by atoms with Gasteiger partial charge in [0.25, 0.3) is 0 Å². The van der Waals surface area contributed by atoms with E-state index in [1.54, 1.807) is 0 Å². The summed E-state index contributed by atoms with van der Waals surface area (Å²) in [5.41, 5.74) is 3.65. The Balaban J connectivity index is 1.88. The van der Waals surface area contributed by atoms with Gasteiger partial charge >= 0.3 is 0 Å². The fourth-order valence-electron chi connectivity index (χ4n) is 3.29. The second-order valence-corrected chi connectivity index (χ2v) is 6.82. The van der Waals surface area contributed by atoms with Gasteiger partial charge in [0.15, 0.2) is 11.3 Å². The molecule has 4 aromatic heterocycles. The second kappa shape index (κ2) is 6.53. The highest BCUT2D eigenvalue weighted by atomic mass is 15.3. The van der Waals surface area contributed by atoms with Gasteiger partial charge in [0.1, 0.15) is 5.82 Å². The van der Waals surface area contributed by atoms with Gasteiger partial charge in [-0.2, -0.15) is 10.2 Å². The van der Waals surface area contributed by atoms with Crippen molar-refractivity contribution in [3.63, 3.8) is 0 Å². The zero-order valence-corrected chi connectivity index (χ0v) is 15.7. The van der Waals surface area contributed by atoms with Crippen molar-refractivity contribution in [3.05, 3.63) is 24.2 Å². The minimum absolute atomic E-state index is 0.782. The fourth-order valence-corrected chi connectivity index (χ4v) is 3.29. The van der Waals surface area contributed by atoms with Gasteiger partial charge in [-0.15, -0.1) is 0 Å². The van der Waals surface area contributed by atoms with Crippen molar-refractivity contribution in [1.29, 1.82) is 0 Å². The topological polar surface area (TPSA) is 76.2 Å². The Morgan fingerprint density at radius 2 is 2.04 bits per heavy atom. The molecule has 1 N–H and O–H groups in total. The molecule has 0 unspecified atom stereocenters. The first-order chi connectivity index (χ1) is 12.6. The predicted molar refractivity (Wildman–Crippen MR) is 104 cm³/mol. The molecular formula is C18H24N8. The van der Waals surface area contributed by atoms with Gasteiger partial charge in [0.05, 0.1) is 28.2 Å². The number of pyridine rings is 1. The summed E-state index contributed by atoms with van der Waals surface area (Å²) in [6, 6.07) is 2.00. The number of rotatable bonds is 6. The number of aryl methyl sites for hydroxylation is 2. The molecule has 0 aromatic carbocycles. The van der Waals surface area contributed by atoms with Crippen LogP contribution in [0.15, 0.2) is 18.5 Å². The molecule has 0 spiro atoms. The van der Waals surface area contributed by atoms with E-state index in [1.165, 1.54) is 0 Å². The van der Waals surface area contributed by atoms with Gasteiger partial charge in [-0.3, -0.25) is 0 Å². The molecule has 0 bridgehead atoms. The van der Waals surface area contributed by atoms with E-state index in [4.69, 9.17) is 4.98 Å². The lowest BCUT2D eigenvalue weighted by Crippen LogP contribution is -2.17. The zero-order chi connectivity index (χ0) is 18.3. The van der Waals surface area contributed by atoms with Gasteiger partial charge in [0, 0.05) is 25.4 Å². The van der Waals surface area contributed by atoms with E-state index in [0.717, 1.165) is 65.2 Å². The molecule has 4 aromatic rings. The molecule has 0 saturated carbocycles. The normalized spacial score (nSPS) is 12.0. The molecule has 0 aliphatic rings. The highest BCUT2D eigenvalue weighted by Gasteiger charge is 2.16. The smallest absolute Gasteiger partial charge is 0.159 e. The SMILES string of the molecule is CCn1ncc2c1ncc1c(NCCCN(C)C)nc3cc(C)nn3c12. The summed E-state index contributed by atoms with van der Waals surface area (Å²) in [6.07, 6.45) is 4.80. The monoisotopic (exact) mass is 352 g/mol. The predicted octanol–water partition coefficient (Wildman–Crippen LogP) is 2.32. The second-order valence-electron chi connectivity index (χ2n) is 6.82. The van der Waals surface area contributed by atoms with Crippen LogP contribution in [0, 0.1) is 6.92 Å². The molecule has 8 nitrogen and oxygen atoms in total. The average molecular weight is 352 g/mol. The molecular weight excluding hydrogens is 328 g/mol. The summed E-state index contributed by atoms with van der Waals surface area (Å²) >= 11 is 0. The van der Waals surface area contributed by atoms with Gasteiger partial charge in [-0.05, 0) is 40.9 Å². The molecule has 4 heterocycles. The van der Waals surface area contributed by atoms with Gasteiger partial charge in [-0.1, -0.05) is 0 Å². The minimum atomic E-state index is 0.782. The van der Waals surface area contributed by atoms with Crippen LogP contribution >= 0.6 is 0 Å². The molecule has 136 valence electrons. The summed E-state index contributed by atoms with van der Waals surface area (Å²) in [4.78, 5) is 11.6. The highest BCUT2D eigenvalue weighted by Crippen LogP contribution is 2.28. The van der Waals surface area contributed by atoms with Gasteiger partial charge < -0.3 is 10.2 Å². The Morgan fingerprint density at radius 3 is 2.81 bits per heavy atom. The number of hydrogen-bond donors (Lipinski definition) is 1. The summed E-state index contributed by atoms with van der Waals surface area (Å²) in [5.74, 6) is 0.852. The highest BCUT2D eigenvalue weighted by molar-refractivity contribution is 6.06. The lowest BCUT2D eigenvalue weighted by Gasteiger charge is -2.12. The van der Waals surface area contributed by atoms with E-state index in [2.05, 4.69) is 46.4 Å². The standard InChI is InChI=1S/C18H24N8/c1-5-25-18-14(11-21-25)16-13(10-20-18)17(19-7-6-8-24(3)4)22-15-9-12(2)23-26(15)16/h9-11H,5-8H2,1-4H3,(H,19,22). The van der Waals surface area contributed by atoms with Crippen molar-refractivity contribution >= 4 is 33.4 Å². The molecule has 8 heteroatoms. The lowest BCUT2D eigenvalue weighted by atomic mass is 10.2. The third kappa shape index (κ3) is 2.76. The first-order valence-electron chi connectivity index (χ1n) is 8.97. The van der Waals surface area contributed by atoms with Gasteiger partial charge in [0.2, 0.25) is 0 Å². The Morgan fingerprint density at radius 1 is 1.19 bits per heavy atom. The van der Waals surface area contributed by atoms with Crippen LogP contribution in [-0.4, -0.2) is 61.4 Å². The Labute approximate surface area is 151 Å². The quantitative estimate of drug-likeness (QED) is 0.537. The molecule has 0 radical (unpaired) electrons. The molecule has 26 heavy (non-hydrogen) atoms. The van der Waals surface area contributed by atoms with Crippen LogP contribution in [-0.2, 0) is 6.54 Å². The fraction of sp³-hybridized carbons (Fsp3) is 0.444. The number of anilines is 1. The largest absolute Gasteiger partial charge is 0.369 e. The van der Waals surface area contributed by atoms with E-state index in [0.29, 0.717) is 0 Å². The van der Waals surface area contributed by atoms with Crippen molar-refractivity contribution in [2.24, 2.45) is 0 Å². The van der Waals surface area contributed by atoms with Crippen molar-refractivity contribution in [1.82, 2.24) is 34.3 Å². The molecule has 0 amide bonds. The third-order valence-electron chi connectivity index (χ3n) is 4.52. The van der Waals surface area contributed by atoms with Crippen molar-refractivity contribution in [3.8, 4) is 0 Å². The number of fused-ring (bicyclic) bond motifs is 5. The van der Waals surface area contributed by atoms with E-state index < -0.39 is 0 Å². The molecule has 0 aliphatic heterocycles. The van der Waals surface area contributed by atoms with E-state index in [1.807, 2.05) is 34.6 Å². The third-order valence-corrected chi connectivity index (χ3v) is 4.52. The Hall–Kier alpha value is -2.74. The van der Waals surface area contributed by atoms with E-state index >= 15 is 0 Å². The number of nitrogens with one attached hydrogen (secondary N) is 1. The summed E-state index contributed by atoms with van der Waals surface area (Å²) in [6.45, 7) is 6.72. The lowest BCUT2D eigenvalue weighted by molar-refractivity contribution is 0.405. The van der Waals surface area contributed by atoms with Crippen LogP contribution in [0.4, 0.5) is 5.82 Å². The minimum Gasteiger partial charge on any atom is -0.369 e. The number of nitrogens with zero attached hydrogens (tertiary/aromatic N) is 7. The molecule has 4 rings (SSSR count). The van der Waals surface area contributed by atoms with Crippen LogP contribution < -0.4 is 5.32 Å². The maximum atomic E-state index is 4.78. The van der Waals surface area contributed by atoms with E-state index in [-0.39, 0.29) is 0 Å². The first-order valence-corrected chi connectivity index (χ1v) is 8.97. The zero-order valence-electron chi connectivity index (χ0n) is 15.7. The van der Waals surface area contributed by atoms with Crippen LogP contribution in [0.25, 0.3) is 27.6 Å². The van der Waals surface area contributed by atoms with E-state index in [9.17, 15) is 0 Å². The summed E-state index contributed by atoms with van der Waals surface area (Å²) < 4.78 is 3.81. The maximum Gasteiger partial charge on any atom is 0.159 e. The van der Waals surface area contributed by atoms with Gasteiger partial charge in [-0.25, -0.2) is 19.2 Å². The maximum absolute atomic E-state index is 4.78. The van der Waals surface area contributed by atoms with Crippen LogP contribution in [0.3, 0.4) is 0 Å². The Bertz CT molecular complexity index is 1080. The van der Waals surface area contributed by atoms with Crippen molar-refractivity contribution in [2.75, 3.05) is 32.5 Å². The van der Waals surface area contributed by atoms with Crippen molar-refractivity contribution < 1.29 is 0 Å². The van der Waals surface area contributed by atoms with Crippen molar-refractivity contribution in [2.45, 2.75) is 26.8 Å². The molecule has 0 saturated heterocycles. The van der Waals surface area contributed by atoms with Crippen LogP contribution in [0.1, 0.15) is 19.0 Å².